The highest BCUT2D eigenvalue weighted by Gasteiger charge is 2.00. The summed E-state index contributed by atoms with van der Waals surface area (Å²) in [5, 5.41) is 5.32. The van der Waals surface area contributed by atoms with Gasteiger partial charge in [-0.05, 0) is 11.4 Å². The van der Waals surface area contributed by atoms with Gasteiger partial charge >= 0.3 is 0 Å². The molecule has 1 amide bonds. The number of thiophene rings is 1. The first kappa shape index (κ1) is 8.80. The van der Waals surface area contributed by atoms with E-state index in [1.807, 2.05) is 17.5 Å². The Hall–Kier alpha value is -0.298. The van der Waals surface area contributed by atoms with Crippen molar-refractivity contribution < 1.29 is 4.79 Å². The Balaban J connectivity index is 2.37. The Morgan fingerprint density at radius 2 is 2.55 bits per heavy atom. The third-order valence-corrected chi connectivity index (χ3v) is 2.29. The molecule has 1 aromatic heterocycles. The van der Waals surface area contributed by atoms with Crippen LogP contribution in [0.3, 0.4) is 0 Å². The Morgan fingerprint density at radius 1 is 1.73 bits per heavy atom. The van der Waals surface area contributed by atoms with E-state index in [0.29, 0.717) is 11.8 Å². The fourth-order valence-corrected chi connectivity index (χ4v) is 1.68. The van der Waals surface area contributed by atoms with E-state index in [2.05, 4.69) is 21.6 Å². The number of rotatable bonds is 3. The molecule has 1 N–H and O–H groups in total. The quantitative estimate of drug-likeness (QED) is 0.677. The third kappa shape index (κ3) is 3.07. The van der Waals surface area contributed by atoms with E-state index in [9.17, 15) is 4.79 Å². The third-order valence-electron chi connectivity index (χ3n) is 1.21. The molecule has 1 aromatic rings. The fourth-order valence-electron chi connectivity index (χ4n) is 0.748. The summed E-state index contributed by atoms with van der Waals surface area (Å²) in [4.78, 5) is 12.1. The Bertz CT molecular complexity index is 222. The van der Waals surface area contributed by atoms with Gasteiger partial charge in [0, 0.05) is 4.88 Å². The van der Waals surface area contributed by atoms with Crippen LogP contribution in [0.2, 0.25) is 0 Å². The smallest absolute Gasteiger partial charge is 0.223 e. The predicted molar refractivity (Wildman–Crippen MR) is 46.8 cm³/mol. The Morgan fingerprint density at radius 3 is 3.09 bits per heavy atom. The molecule has 0 aliphatic rings. The lowest BCUT2D eigenvalue weighted by Gasteiger charge is -1.98. The molecule has 0 saturated heterocycles. The summed E-state index contributed by atoms with van der Waals surface area (Å²) in [7, 11) is 0. The molecule has 0 aliphatic heterocycles. The topological polar surface area (TPSA) is 29.1 Å². The second-order valence-electron chi connectivity index (χ2n) is 2.06. The van der Waals surface area contributed by atoms with Crippen molar-refractivity contribution >= 4 is 33.5 Å². The standard InChI is InChI=1S/C7H8NOS.Al/c1-8-7(9)5-6-3-2-4-10-6;/h2-4H,1,5H2,(H,8,9);. The molecular formula is C7H8AlNOS. The Kier molecular flexibility index (Phi) is 3.64. The van der Waals surface area contributed by atoms with Crippen LogP contribution < -0.4 is 5.32 Å². The summed E-state index contributed by atoms with van der Waals surface area (Å²) < 4.78 is 0. The van der Waals surface area contributed by atoms with E-state index in [-0.39, 0.29) is 5.91 Å². The molecule has 4 heteroatoms. The SMILES string of the molecule is O=C(Cc1cccs1)N[CH2][Al]. The number of carbonyl (C=O) groups is 1. The van der Waals surface area contributed by atoms with E-state index in [1.165, 1.54) is 0 Å². The molecule has 1 rings (SSSR count). The van der Waals surface area contributed by atoms with E-state index < -0.39 is 0 Å². The molecule has 0 unspecified atom stereocenters. The molecule has 0 spiro atoms. The minimum absolute atomic E-state index is 0.0856. The molecule has 2 radical (unpaired) electrons. The van der Waals surface area contributed by atoms with Crippen LogP contribution in [0.1, 0.15) is 4.88 Å². The Labute approximate surface area is 78.0 Å². The number of hydrogen-bond acceptors (Lipinski definition) is 2. The van der Waals surface area contributed by atoms with Crippen LogP contribution in [-0.2, 0) is 11.2 Å². The highest BCUT2D eigenvalue weighted by atomic mass is 32.1. The van der Waals surface area contributed by atoms with Crippen molar-refractivity contribution in [2.24, 2.45) is 0 Å². The summed E-state index contributed by atoms with van der Waals surface area (Å²) in [6.45, 7) is 0. The summed E-state index contributed by atoms with van der Waals surface area (Å²) >= 11 is 4.07. The van der Waals surface area contributed by atoms with E-state index in [0.717, 1.165) is 4.88 Å². The zero-order valence-electron chi connectivity index (χ0n) is 6.04. The predicted octanol–water partition coefficient (Wildman–Crippen LogP) is 0.533. The number of amides is 1. The van der Waals surface area contributed by atoms with E-state index in [1.54, 1.807) is 11.3 Å². The lowest BCUT2D eigenvalue weighted by Crippen LogP contribution is -2.25. The molecule has 0 saturated carbocycles. The first-order valence-electron chi connectivity index (χ1n) is 3.32. The molecular weight excluding hydrogens is 173 g/mol. The van der Waals surface area contributed by atoms with Crippen LogP contribution >= 0.6 is 11.3 Å². The summed E-state index contributed by atoms with van der Waals surface area (Å²) in [6, 6.07) is 3.92. The van der Waals surface area contributed by atoms with Gasteiger partial charge in [-0.25, -0.2) is 0 Å². The van der Waals surface area contributed by atoms with Crippen molar-refractivity contribution in [1.82, 2.24) is 5.32 Å². The van der Waals surface area contributed by atoms with Crippen LogP contribution in [-0.4, -0.2) is 27.6 Å². The van der Waals surface area contributed by atoms with Crippen molar-refractivity contribution in [2.45, 2.75) is 6.42 Å². The molecule has 0 bridgehead atoms. The first-order valence-corrected chi connectivity index (χ1v) is 5.01. The normalized spacial score (nSPS) is 9.45. The lowest BCUT2D eigenvalue weighted by atomic mass is 10.3. The average Bonchev–Trinajstić information content (AvgIpc) is 2.40. The maximum Gasteiger partial charge on any atom is 0.223 e. The van der Waals surface area contributed by atoms with Crippen LogP contribution in [0.15, 0.2) is 17.5 Å². The second kappa shape index (κ2) is 4.55. The number of carbonyl (C=O) groups excluding carboxylic acids is 1. The highest BCUT2D eigenvalue weighted by Crippen LogP contribution is 2.08. The molecule has 0 fully saturated rings. The van der Waals surface area contributed by atoms with Gasteiger partial charge in [0.2, 0.25) is 5.91 Å². The largest absolute Gasteiger partial charge is 0.372 e. The van der Waals surface area contributed by atoms with Gasteiger partial charge < -0.3 is 5.32 Å². The van der Waals surface area contributed by atoms with Crippen molar-refractivity contribution in [2.75, 3.05) is 5.41 Å². The maximum atomic E-state index is 11.0. The molecule has 11 heavy (non-hydrogen) atoms. The van der Waals surface area contributed by atoms with Crippen LogP contribution in [0.4, 0.5) is 0 Å². The van der Waals surface area contributed by atoms with E-state index in [4.69, 9.17) is 0 Å². The molecule has 0 aliphatic carbocycles. The average molecular weight is 181 g/mol. The van der Waals surface area contributed by atoms with Crippen LogP contribution in [0, 0.1) is 0 Å². The van der Waals surface area contributed by atoms with Gasteiger partial charge in [0.25, 0.3) is 0 Å². The zero-order chi connectivity index (χ0) is 8.10. The molecule has 0 aromatic carbocycles. The first-order chi connectivity index (χ1) is 5.33. The van der Waals surface area contributed by atoms with Crippen molar-refractivity contribution in [3.8, 4) is 0 Å². The van der Waals surface area contributed by atoms with Gasteiger partial charge in [-0.15, -0.1) is 11.3 Å². The van der Waals surface area contributed by atoms with Gasteiger partial charge in [0.05, 0.1) is 6.42 Å². The summed E-state index contributed by atoms with van der Waals surface area (Å²) in [5.41, 5.74) is 0. The van der Waals surface area contributed by atoms with Gasteiger partial charge in [-0.3, -0.25) is 4.79 Å². The monoisotopic (exact) mass is 181 g/mol. The molecule has 2 nitrogen and oxygen atoms in total. The van der Waals surface area contributed by atoms with Gasteiger partial charge in [-0.1, -0.05) is 11.5 Å². The van der Waals surface area contributed by atoms with Gasteiger partial charge in [0.1, 0.15) is 0 Å². The van der Waals surface area contributed by atoms with Crippen molar-refractivity contribution in [3.63, 3.8) is 0 Å². The fraction of sp³-hybridized carbons (Fsp3) is 0.286. The summed E-state index contributed by atoms with van der Waals surface area (Å²) in [5.74, 6) is 0.0856. The second-order valence-corrected chi connectivity index (χ2v) is 3.50. The summed E-state index contributed by atoms with van der Waals surface area (Å²) in [6.07, 6.45) is 0.506. The lowest BCUT2D eigenvalue weighted by molar-refractivity contribution is -0.120. The minimum atomic E-state index is 0.0856. The maximum absolute atomic E-state index is 11.0. The molecule has 0 atom stereocenters. The van der Waals surface area contributed by atoms with Gasteiger partial charge in [0.15, 0.2) is 16.3 Å². The van der Waals surface area contributed by atoms with E-state index >= 15 is 0 Å². The zero-order valence-corrected chi connectivity index (χ0v) is 8.01. The van der Waals surface area contributed by atoms with Crippen molar-refractivity contribution in [1.29, 1.82) is 0 Å². The minimum Gasteiger partial charge on any atom is -0.372 e. The van der Waals surface area contributed by atoms with Crippen LogP contribution in [0.5, 0.6) is 0 Å². The highest BCUT2D eigenvalue weighted by molar-refractivity contribution is 7.10. The van der Waals surface area contributed by atoms with Gasteiger partial charge in [-0.2, -0.15) is 0 Å². The number of hydrogen-bond donors (Lipinski definition) is 1. The van der Waals surface area contributed by atoms with Crippen molar-refractivity contribution in [3.05, 3.63) is 22.4 Å². The number of nitrogens with one attached hydrogen (secondary N) is 1. The molecule has 1 heterocycles. The van der Waals surface area contributed by atoms with Crippen LogP contribution in [0.25, 0.3) is 0 Å². The molecule has 56 valence electrons.